The number of aliphatic carboxylic acids is 1. The zero-order chi connectivity index (χ0) is 24.9. The highest BCUT2D eigenvalue weighted by Gasteiger charge is 2.15. The molecule has 0 saturated heterocycles. The number of ether oxygens (including phenoxy) is 1. The minimum Gasteiger partial charge on any atom is -0.492 e. The summed E-state index contributed by atoms with van der Waals surface area (Å²) >= 11 is 5.89. The lowest BCUT2D eigenvalue weighted by atomic mass is 10.1. The number of carboxylic acids is 1. The maximum atomic E-state index is 13.5. The van der Waals surface area contributed by atoms with E-state index in [0.29, 0.717) is 51.6 Å². The van der Waals surface area contributed by atoms with E-state index in [2.05, 4.69) is 20.6 Å². The summed E-state index contributed by atoms with van der Waals surface area (Å²) in [7, 11) is 0. The van der Waals surface area contributed by atoms with E-state index >= 15 is 0 Å². The molecule has 0 fully saturated rings. The molecule has 178 valence electrons. The first-order chi connectivity index (χ1) is 16.8. The lowest BCUT2D eigenvalue weighted by molar-refractivity contribution is -0.136. The number of hydrogen-bond acceptors (Lipinski definition) is 6. The third-order valence-corrected chi connectivity index (χ3v) is 5.33. The van der Waals surface area contributed by atoms with E-state index in [4.69, 9.17) is 21.4 Å². The number of rotatable bonds is 8. The van der Waals surface area contributed by atoms with Crippen LogP contribution >= 0.6 is 11.6 Å². The molecule has 35 heavy (non-hydrogen) atoms. The van der Waals surface area contributed by atoms with E-state index in [1.54, 1.807) is 36.4 Å². The van der Waals surface area contributed by atoms with E-state index in [-0.39, 0.29) is 11.4 Å². The van der Waals surface area contributed by atoms with Crippen molar-refractivity contribution >= 4 is 51.6 Å². The topological polar surface area (TPSA) is 113 Å². The Morgan fingerprint density at radius 2 is 1.86 bits per heavy atom. The van der Waals surface area contributed by atoms with Crippen molar-refractivity contribution < 1.29 is 23.8 Å². The van der Waals surface area contributed by atoms with Crippen molar-refractivity contribution in [2.45, 2.75) is 13.3 Å². The van der Waals surface area contributed by atoms with Crippen molar-refractivity contribution in [2.24, 2.45) is 0 Å². The molecule has 0 bridgehead atoms. The number of nitrogens with one attached hydrogen (secondary N) is 2. The van der Waals surface area contributed by atoms with Crippen LogP contribution in [0.4, 0.5) is 21.6 Å². The fourth-order valence-electron chi connectivity index (χ4n) is 3.41. The Morgan fingerprint density at radius 3 is 2.54 bits per heavy atom. The molecular formula is C25H20ClFN4O4. The number of anilines is 3. The number of carbonyl (C=O) groups excluding carboxylic acids is 1. The molecule has 4 rings (SSSR count). The summed E-state index contributed by atoms with van der Waals surface area (Å²) in [6.45, 7) is 2.19. The van der Waals surface area contributed by atoms with E-state index in [1.165, 1.54) is 24.5 Å². The maximum absolute atomic E-state index is 13.5. The van der Waals surface area contributed by atoms with Crippen molar-refractivity contribution in [1.82, 2.24) is 9.97 Å². The van der Waals surface area contributed by atoms with Crippen LogP contribution in [-0.2, 0) is 11.2 Å². The van der Waals surface area contributed by atoms with Gasteiger partial charge >= 0.3 is 5.97 Å². The van der Waals surface area contributed by atoms with Crippen LogP contribution in [0, 0.1) is 5.82 Å². The number of benzene rings is 3. The molecule has 10 heteroatoms. The molecule has 0 saturated carbocycles. The fourth-order valence-corrected chi connectivity index (χ4v) is 3.59. The van der Waals surface area contributed by atoms with Crippen molar-refractivity contribution in [1.29, 1.82) is 0 Å². The molecule has 0 spiro atoms. The lowest BCUT2D eigenvalue weighted by Crippen LogP contribution is -2.13. The van der Waals surface area contributed by atoms with Crippen LogP contribution in [0.3, 0.4) is 0 Å². The van der Waals surface area contributed by atoms with Gasteiger partial charge in [0.25, 0.3) is 5.91 Å². The lowest BCUT2D eigenvalue weighted by Gasteiger charge is -2.15. The molecule has 1 aromatic heterocycles. The van der Waals surface area contributed by atoms with Crippen LogP contribution in [0.5, 0.6) is 5.75 Å². The van der Waals surface area contributed by atoms with Crippen LogP contribution < -0.4 is 15.4 Å². The summed E-state index contributed by atoms with van der Waals surface area (Å²) < 4.78 is 19.2. The highest BCUT2D eigenvalue weighted by atomic mass is 35.5. The average molecular weight is 495 g/mol. The molecule has 3 N–H and O–H groups in total. The average Bonchev–Trinajstić information content (AvgIpc) is 2.82. The molecule has 0 aliphatic rings. The first-order valence-corrected chi connectivity index (χ1v) is 11.0. The van der Waals surface area contributed by atoms with Crippen molar-refractivity contribution in [2.75, 3.05) is 17.2 Å². The molecule has 0 aliphatic heterocycles. The maximum Gasteiger partial charge on any atom is 0.307 e. The molecule has 8 nitrogen and oxygen atoms in total. The quantitative estimate of drug-likeness (QED) is 0.298. The fraction of sp³-hybridized carbons (Fsp3) is 0.120. The summed E-state index contributed by atoms with van der Waals surface area (Å²) in [5, 5.41) is 15.4. The first-order valence-electron chi connectivity index (χ1n) is 10.6. The van der Waals surface area contributed by atoms with Gasteiger partial charge in [-0.25, -0.2) is 14.4 Å². The largest absolute Gasteiger partial charge is 0.492 e. The first kappa shape index (κ1) is 23.9. The Balaban J connectivity index is 1.67. The Bertz CT molecular complexity index is 1410. The smallest absolute Gasteiger partial charge is 0.307 e. The van der Waals surface area contributed by atoms with Gasteiger partial charge in [0.2, 0.25) is 0 Å². The summed E-state index contributed by atoms with van der Waals surface area (Å²) in [5.41, 5.74) is 2.43. The second-order valence-corrected chi connectivity index (χ2v) is 7.90. The van der Waals surface area contributed by atoms with Gasteiger partial charge in [0.1, 0.15) is 23.7 Å². The highest BCUT2D eigenvalue weighted by molar-refractivity contribution is 6.31. The number of halogens is 2. The van der Waals surface area contributed by atoms with Gasteiger partial charge in [-0.15, -0.1) is 0 Å². The zero-order valence-electron chi connectivity index (χ0n) is 18.5. The number of nitrogens with zero attached hydrogens (tertiary/aromatic N) is 2. The molecule has 3 aromatic carbocycles. The van der Waals surface area contributed by atoms with Crippen LogP contribution in [-0.4, -0.2) is 33.6 Å². The Morgan fingerprint density at radius 1 is 1.09 bits per heavy atom. The summed E-state index contributed by atoms with van der Waals surface area (Å²) in [5.74, 6) is -1.04. The van der Waals surface area contributed by atoms with E-state index in [0.717, 1.165) is 0 Å². The zero-order valence-corrected chi connectivity index (χ0v) is 19.3. The molecular weight excluding hydrogens is 475 g/mol. The van der Waals surface area contributed by atoms with Gasteiger partial charge < -0.3 is 20.5 Å². The van der Waals surface area contributed by atoms with E-state index in [9.17, 15) is 14.0 Å². The molecule has 0 atom stereocenters. The Hall–Kier alpha value is -4.24. The van der Waals surface area contributed by atoms with Crippen LogP contribution in [0.1, 0.15) is 22.8 Å². The van der Waals surface area contributed by atoms with Crippen molar-refractivity contribution in [3.05, 3.63) is 82.9 Å². The van der Waals surface area contributed by atoms with Crippen molar-refractivity contribution in [3.8, 4) is 5.75 Å². The molecule has 0 aliphatic carbocycles. The number of fused-ring (bicyclic) bond motifs is 1. The van der Waals surface area contributed by atoms with E-state index in [1.807, 2.05) is 6.92 Å². The molecule has 0 unspecified atom stereocenters. The highest BCUT2D eigenvalue weighted by Crippen LogP contribution is 2.34. The van der Waals surface area contributed by atoms with Gasteiger partial charge in [0.05, 0.1) is 29.3 Å². The normalized spacial score (nSPS) is 10.7. The van der Waals surface area contributed by atoms with Crippen LogP contribution in [0.2, 0.25) is 5.02 Å². The summed E-state index contributed by atoms with van der Waals surface area (Å²) in [6.07, 6.45) is 1.25. The van der Waals surface area contributed by atoms with E-state index < -0.39 is 17.7 Å². The van der Waals surface area contributed by atoms with Gasteiger partial charge in [-0.3, -0.25) is 9.59 Å². The van der Waals surface area contributed by atoms with Crippen LogP contribution in [0.25, 0.3) is 10.9 Å². The second kappa shape index (κ2) is 10.4. The molecule has 1 heterocycles. The predicted molar refractivity (Wildman–Crippen MR) is 131 cm³/mol. The summed E-state index contributed by atoms with van der Waals surface area (Å²) in [4.78, 5) is 32.4. The monoisotopic (exact) mass is 494 g/mol. The standard InChI is InChI=1S/C25H20ClFN4O4/c1-2-35-22-12-20-17(24(29-13-28-20)30-16-7-8-19(27)18(26)10-16)11-21(22)31-25(34)15-5-3-14(4-6-15)9-23(32)33/h3-8,10-13H,2,9H2,1H3,(H,31,34)(H,32,33)(H,28,29,30). The summed E-state index contributed by atoms with van der Waals surface area (Å²) in [6, 6.07) is 13.9. The number of amides is 1. The van der Waals surface area contributed by atoms with Gasteiger partial charge in [-0.2, -0.15) is 0 Å². The van der Waals surface area contributed by atoms with Crippen LogP contribution in [0.15, 0.2) is 60.9 Å². The van der Waals surface area contributed by atoms with Gasteiger partial charge in [-0.1, -0.05) is 23.7 Å². The Labute approximate surface area is 204 Å². The SMILES string of the molecule is CCOc1cc2ncnc(Nc3ccc(F)c(Cl)c3)c2cc1NC(=O)c1ccc(CC(=O)O)cc1. The second-order valence-electron chi connectivity index (χ2n) is 7.50. The molecule has 4 aromatic rings. The third kappa shape index (κ3) is 5.64. The number of carbonyl (C=O) groups is 2. The predicted octanol–water partition coefficient (Wildman–Crippen LogP) is 5.44. The molecule has 1 amide bonds. The van der Waals surface area contributed by atoms with Gasteiger partial charge in [-0.05, 0) is 48.9 Å². The van der Waals surface area contributed by atoms with Crippen molar-refractivity contribution in [3.63, 3.8) is 0 Å². The number of hydrogen-bond donors (Lipinski definition) is 3. The minimum absolute atomic E-state index is 0.0330. The molecule has 0 radical (unpaired) electrons. The number of aromatic nitrogens is 2. The number of carboxylic acid groups (broad SMARTS) is 1. The Kier molecular flexibility index (Phi) is 7.07. The third-order valence-electron chi connectivity index (χ3n) is 5.04. The van der Waals surface area contributed by atoms with Gasteiger partial charge in [0.15, 0.2) is 0 Å². The minimum atomic E-state index is -0.950. The van der Waals surface area contributed by atoms with Gasteiger partial charge in [0, 0.05) is 22.7 Å².